The molecule has 7 heteroatoms. The first kappa shape index (κ1) is 20.7. The molecule has 0 saturated carbocycles. The molecule has 0 aromatic heterocycles. The van der Waals surface area contributed by atoms with Crippen LogP contribution in [0, 0.1) is 5.92 Å². The Bertz CT molecular complexity index is 691. The summed E-state index contributed by atoms with van der Waals surface area (Å²) in [5.41, 5.74) is 0.922. The molecule has 1 aliphatic heterocycles. The SMILES string of the molecule is CC(C)C(=O)N(Cc1ccc(OS(=O)(=O)C(C)C)cc1)CC1CCCO1. The minimum atomic E-state index is -3.61. The summed E-state index contributed by atoms with van der Waals surface area (Å²) < 4.78 is 34.4. The van der Waals surface area contributed by atoms with E-state index in [0.717, 1.165) is 25.0 Å². The van der Waals surface area contributed by atoms with Crippen molar-refractivity contribution in [2.75, 3.05) is 13.2 Å². The van der Waals surface area contributed by atoms with Gasteiger partial charge < -0.3 is 13.8 Å². The third-order valence-electron chi connectivity index (χ3n) is 4.34. The van der Waals surface area contributed by atoms with E-state index in [1.54, 1.807) is 38.1 Å². The van der Waals surface area contributed by atoms with Crippen LogP contribution in [0.1, 0.15) is 46.1 Å². The molecule has 1 fully saturated rings. The number of hydrogen-bond donors (Lipinski definition) is 0. The molecule has 0 aliphatic carbocycles. The summed E-state index contributed by atoms with van der Waals surface area (Å²) in [5, 5.41) is -0.604. The van der Waals surface area contributed by atoms with Crippen LogP contribution >= 0.6 is 0 Å². The Hall–Kier alpha value is -1.60. The van der Waals surface area contributed by atoms with Crippen molar-refractivity contribution in [1.29, 1.82) is 0 Å². The number of ether oxygens (including phenoxy) is 1. The molecular formula is C19H29NO5S. The number of carbonyl (C=O) groups excluding carboxylic acids is 1. The summed E-state index contributed by atoms with van der Waals surface area (Å²) in [6.07, 6.45) is 2.10. The maximum Gasteiger partial charge on any atom is 0.311 e. The summed E-state index contributed by atoms with van der Waals surface area (Å²) in [7, 11) is -3.61. The molecule has 26 heavy (non-hydrogen) atoms. The quantitative estimate of drug-likeness (QED) is 0.645. The molecule has 1 atom stereocenters. The predicted octanol–water partition coefficient (Wildman–Crippen LogP) is 2.97. The molecule has 0 N–H and O–H groups in total. The van der Waals surface area contributed by atoms with Gasteiger partial charge in [0.1, 0.15) is 5.75 Å². The summed E-state index contributed by atoms with van der Waals surface area (Å²) >= 11 is 0. The van der Waals surface area contributed by atoms with Crippen molar-refractivity contribution in [2.24, 2.45) is 5.92 Å². The van der Waals surface area contributed by atoms with Gasteiger partial charge in [0.15, 0.2) is 0 Å². The van der Waals surface area contributed by atoms with Crippen LogP contribution in [0.15, 0.2) is 24.3 Å². The van der Waals surface area contributed by atoms with Gasteiger partial charge in [0.05, 0.1) is 11.4 Å². The highest BCUT2D eigenvalue weighted by molar-refractivity contribution is 7.87. The van der Waals surface area contributed by atoms with Gasteiger partial charge >= 0.3 is 10.1 Å². The van der Waals surface area contributed by atoms with Gasteiger partial charge in [0, 0.05) is 25.6 Å². The number of hydrogen-bond acceptors (Lipinski definition) is 5. The summed E-state index contributed by atoms with van der Waals surface area (Å²) in [6.45, 7) is 8.72. The van der Waals surface area contributed by atoms with E-state index < -0.39 is 15.4 Å². The fourth-order valence-electron chi connectivity index (χ4n) is 2.73. The molecule has 1 heterocycles. The summed E-state index contributed by atoms with van der Waals surface area (Å²) in [6, 6.07) is 6.83. The second-order valence-electron chi connectivity index (χ2n) is 7.28. The molecular weight excluding hydrogens is 354 g/mol. The minimum absolute atomic E-state index is 0.0863. The van der Waals surface area contributed by atoms with Crippen molar-refractivity contribution in [2.45, 2.75) is 58.4 Å². The zero-order valence-electron chi connectivity index (χ0n) is 16.0. The first-order chi connectivity index (χ1) is 12.2. The van der Waals surface area contributed by atoms with Gasteiger partial charge in [-0.2, -0.15) is 8.42 Å². The number of carbonyl (C=O) groups is 1. The van der Waals surface area contributed by atoms with Crippen molar-refractivity contribution in [3.63, 3.8) is 0 Å². The fourth-order valence-corrected chi connectivity index (χ4v) is 3.30. The predicted molar refractivity (Wildman–Crippen MR) is 100 cm³/mol. The van der Waals surface area contributed by atoms with Gasteiger partial charge in [-0.05, 0) is 44.4 Å². The Kier molecular flexibility index (Phi) is 7.06. The first-order valence-corrected chi connectivity index (χ1v) is 10.6. The van der Waals surface area contributed by atoms with E-state index in [1.165, 1.54) is 0 Å². The average Bonchev–Trinajstić information content (AvgIpc) is 3.08. The lowest BCUT2D eigenvalue weighted by Gasteiger charge is -2.27. The lowest BCUT2D eigenvalue weighted by molar-refractivity contribution is -0.136. The number of rotatable bonds is 8. The maximum atomic E-state index is 12.5. The second-order valence-corrected chi connectivity index (χ2v) is 9.37. The van der Waals surface area contributed by atoms with Crippen LogP contribution in [0.2, 0.25) is 0 Å². The third kappa shape index (κ3) is 5.71. The van der Waals surface area contributed by atoms with Crippen molar-refractivity contribution >= 4 is 16.0 Å². The highest BCUT2D eigenvalue weighted by Crippen LogP contribution is 2.20. The molecule has 6 nitrogen and oxygen atoms in total. The van der Waals surface area contributed by atoms with Crippen LogP contribution in [-0.2, 0) is 26.2 Å². The third-order valence-corrected chi connectivity index (χ3v) is 5.92. The van der Waals surface area contributed by atoms with Crippen LogP contribution in [0.4, 0.5) is 0 Å². The van der Waals surface area contributed by atoms with E-state index >= 15 is 0 Å². The van der Waals surface area contributed by atoms with Gasteiger partial charge in [-0.25, -0.2) is 0 Å². The van der Waals surface area contributed by atoms with Gasteiger partial charge in [0.25, 0.3) is 0 Å². The molecule has 1 amide bonds. The molecule has 1 unspecified atom stereocenters. The van der Waals surface area contributed by atoms with E-state index in [1.807, 2.05) is 18.7 Å². The molecule has 0 radical (unpaired) electrons. The largest absolute Gasteiger partial charge is 0.382 e. The van der Waals surface area contributed by atoms with Crippen LogP contribution < -0.4 is 4.18 Å². The number of benzene rings is 1. The zero-order valence-corrected chi connectivity index (χ0v) is 16.8. The molecule has 0 bridgehead atoms. The summed E-state index contributed by atoms with van der Waals surface area (Å²) in [5.74, 6) is 0.279. The van der Waals surface area contributed by atoms with Crippen LogP contribution in [0.25, 0.3) is 0 Å². The van der Waals surface area contributed by atoms with E-state index in [-0.39, 0.29) is 23.7 Å². The topological polar surface area (TPSA) is 72.9 Å². The van der Waals surface area contributed by atoms with Crippen LogP contribution in [0.3, 0.4) is 0 Å². The zero-order chi connectivity index (χ0) is 19.3. The van der Waals surface area contributed by atoms with E-state index in [0.29, 0.717) is 13.1 Å². The number of nitrogens with zero attached hydrogens (tertiary/aromatic N) is 1. The minimum Gasteiger partial charge on any atom is -0.382 e. The van der Waals surface area contributed by atoms with Crippen LogP contribution in [-0.4, -0.2) is 43.7 Å². The highest BCUT2D eigenvalue weighted by Gasteiger charge is 2.24. The first-order valence-electron chi connectivity index (χ1n) is 9.11. The number of amides is 1. The van der Waals surface area contributed by atoms with E-state index in [4.69, 9.17) is 8.92 Å². The fraction of sp³-hybridized carbons (Fsp3) is 0.632. The van der Waals surface area contributed by atoms with Crippen molar-refractivity contribution < 1.29 is 22.1 Å². The standard InChI is InChI=1S/C19H29NO5S/c1-14(2)19(21)20(13-18-6-5-11-24-18)12-16-7-9-17(10-8-16)25-26(22,23)15(3)4/h7-10,14-15,18H,5-6,11-13H2,1-4H3. The van der Waals surface area contributed by atoms with Crippen molar-refractivity contribution in [1.82, 2.24) is 4.90 Å². The molecule has 1 aromatic carbocycles. The Balaban J connectivity index is 2.06. The van der Waals surface area contributed by atoms with E-state index in [9.17, 15) is 13.2 Å². The van der Waals surface area contributed by atoms with Crippen molar-refractivity contribution in [3.8, 4) is 5.75 Å². The van der Waals surface area contributed by atoms with Gasteiger partial charge in [-0.15, -0.1) is 0 Å². The molecule has 2 rings (SSSR count). The van der Waals surface area contributed by atoms with Gasteiger partial charge in [-0.1, -0.05) is 26.0 Å². The lowest BCUT2D eigenvalue weighted by atomic mass is 10.1. The Morgan fingerprint density at radius 2 is 1.88 bits per heavy atom. The van der Waals surface area contributed by atoms with Crippen LogP contribution in [0.5, 0.6) is 5.75 Å². The van der Waals surface area contributed by atoms with Gasteiger partial charge in [-0.3, -0.25) is 4.79 Å². The smallest absolute Gasteiger partial charge is 0.311 e. The molecule has 1 saturated heterocycles. The highest BCUT2D eigenvalue weighted by atomic mass is 32.2. The lowest BCUT2D eigenvalue weighted by Crippen LogP contribution is -2.39. The van der Waals surface area contributed by atoms with Crippen molar-refractivity contribution in [3.05, 3.63) is 29.8 Å². The van der Waals surface area contributed by atoms with Gasteiger partial charge in [0.2, 0.25) is 5.91 Å². The normalized spacial score (nSPS) is 17.7. The molecule has 1 aromatic rings. The average molecular weight is 384 g/mol. The molecule has 146 valence electrons. The Morgan fingerprint density at radius 1 is 1.23 bits per heavy atom. The maximum absolute atomic E-state index is 12.5. The Morgan fingerprint density at radius 3 is 2.38 bits per heavy atom. The molecule has 0 spiro atoms. The Labute approximate surface area is 156 Å². The monoisotopic (exact) mass is 383 g/mol. The second kappa shape index (κ2) is 8.86. The molecule has 1 aliphatic rings. The van der Waals surface area contributed by atoms with E-state index in [2.05, 4.69) is 0 Å². The summed E-state index contributed by atoms with van der Waals surface area (Å²) in [4.78, 5) is 14.4.